The van der Waals surface area contributed by atoms with Gasteiger partial charge >= 0.3 is 0 Å². The summed E-state index contributed by atoms with van der Waals surface area (Å²) in [5.41, 5.74) is 8.65. The van der Waals surface area contributed by atoms with Crippen LogP contribution in [-0.2, 0) is 6.42 Å². The quantitative estimate of drug-likeness (QED) is 0.459. The molecule has 0 amide bonds. The molecule has 6 heteroatoms. The highest BCUT2D eigenvalue weighted by atomic mass is 15.0. The normalized spacial score (nSPS) is 11.9. The van der Waals surface area contributed by atoms with Crippen molar-refractivity contribution in [3.05, 3.63) is 66.7 Å². The zero-order valence-electron chi connectivity index (χ0n) is 13.5. The molecule has 0 radical (unpaired) electrons. The van der Waals surface area contributed by atoms with E-state index in [2.05, 4.69) is 24.9 Å². The van der Waals surface area contributed by atoms with Gasteiger partial charge in [-0.15, -0.1) is 0 Å². The molecule has 0 aliphatic rings. The maximum Gasteiger partial charge on any atom is 0.163 e. The van der Waals surface area contributed by atoms with E-state index in [1.54, 1.807) is 18.6 Å². The van der Waals surface area contributed by atoms with Gasteiger partial charge in [-0.25, -0.2) is 19.9 Å². The van der Waals surface area contributed by atoms with Crippen LogP contribution in [0.1, 0.15) is 12.1 Å². The molecule has 0 atom stereocenters. The van der Waals surface area contributed by atoms with Gasteiger partial charge in [-0.3, -0.25) is 4.98 Å². The van der Waals surface area contributed by atoms with Crippen molar-refractivity contribution < 1.29 is 0 Å². The molecule has 4 heterocycles. The minimum Gasteiger partial charge on any atom is -0.387 e. The van der Waals surface area contributed by atoms with Gasteiger partial charge in [0.15, 0.2) is 11.5 Å². The maximum absolute atomic E-state index is 6.10. The fraction of sp³-hybridized carbons (Fsp3) is 0.105. The number of rotatable bonds is 4. The van der Waals surface area contributed by atoms with E-state index in [9.17, 15) is 0 Å². The number of pyridine rings is 4. The number of fused-ring (bicyclic) bond motifs is 2. The van der Waals surface area contributed by atoms with Crippen LogP contribution in [-0.4, -0.2) is 25.8 Å². The van der Waals surface area contributed by atoms with Crippen molar-refractivity contribution in [1.29, 1.82) is 0 Å². The van der Waals surface area contributed by atoms with Gasteiger partial charge in [-0.05, 0) is 48.9 Å². The standard InChI is InChI=1S/C19H16N6/c20-17(25-19-15-4-2-10-21-16(15)9-12-23-19)8-7-14-6-5-13-3-1-11-22-18(13)24-14/h1-6,9-12H,7-8H2,(H2,20,23,25). The predicted molar refractivity (Wildman–Crippen MR) is 98.7 cm³/mol. The van der Waals surface area contributed by atoms with Crippen LogP contribution >= 0.6 is 0 Å². The van der Waals surface area contributed by atoms with Crippen molar-refractivity contribution in [1.82, 2.24) is 19.9 Å². The zero-order valence-corrected chi connectivity index (χ0v) is 13.5. The second kappa shape index (κ2) is 6.60. The molecule has 0 unspecified atom stereocenters. The van der Waals surface area contributed by atoms with Gasteiger partial charge in [0.05, 0.1) is 5.52 Å². The van der Waals surface area contributed by atoms with E-state index < -0.39 is 0 Å². The molecule has 4 rings (SSSR count). The van der Waals surface area contributed by atoms with Crippen molar-refractivity contribution >= 4 is 33.6 Å². The summed E-state index contributed by atoms with van der Waals surface area (Å²) in [7, 11) is 0. The number of nitrogens with two attached hydrogens (primary N) is 1. The number of aryl methyl sites for hydroxylation is 1. The lowest BCUT2D eigenvalue weighted by atomic mass is 10.2. The highest BCUT2D eigenvalue weighted by Crippen LogP contribution is 2.21. The minimum absolute atomic E-state index is 0.520. The summed E-state index contributed by atoms with van der Waals surface area (Å²) in [6, 6.07) is 13.6. The Labute approximate surface area is 144 Å². The number of hydrogen-bond acceptors (Lipinski definition) is 5. The second-order valence-electron chi connectivity index (χ2n) is 5.66. The molecule has 0 saturated heterocycles. The number of aliphatic imine (C=N–C) groups is 1. The molecule has 0 aliphatic heterocycles. The molecule has 6 nitrogen and oxygen atoms in total. The van der Waals surface area contributed by atoms with E-state index in [1.807, 2.05) is 42.5 Å². The lowest BCUT2D eigenvalue weighted by molar-refractivity contribution is 0.969. The first-order valence-corrected chi connectivity index (χ1v) is 8.03. The fourth-order valence-corrected chi connectivity index (χ4v) is 2.66. The Balaban J connectivity index is 1.54. The number of amidine groups is 1. The lowest BCUT2D eigenvalue weighted by Crippen LogP contribution is -2.12. The predicted octanol–water partition coefficient (Wildman–Crippen LogP) is 3.19. The molecule has 2 N–H and O–H groups in total. The third-order valence-electron chi connectivity index (χ3n) is 3.92. The van der Waals surface area contributed by atoms with E-state index in [1.165, 1.54) is 0 Å². The Bertz CT molecular complexity index is 1070. The molecule has 0 bridgehead atoms. The average Bonchev–Trinajstić information content (AvgIpc) is 2.66. The molecule has 0 aliphatic carbocycles. The third-order valence-corrected chi connectivity index (χ3v) is 3.92. The first-order chi connectivity index (χ1) is 12.3. The summed E-state index contributed by atoms with van der Waals surface area (Å²) in [6.07, 6.45) is 6.49. The summed E-state index contributed by atoms with van der Waals surface area (Å²) >= 11 is 0. The monoisotopic (exact) mass is 328 g/mol. The Kier molecular flexibility index (Phi) is 4.00. The first-order valence-electron chi connectivity index (χ1n) is 8.03. The maximum atomic E-state index is 6.10. The molecule has 4 aromatic heterocycles. The fourth-order valence-electron chi connectivity index (χ4n) is 2.66. The van der Waals surface area contributed by atoms with Crippen LogP contribution in [0.25, 0.3) is 21.9 Å². The molecule has 0 fully saturated rings. The van der Waals surface area contributed by atoms with E-state index in [-0.39, 0.29) is 0 Å². The van der Waals surface area contributed by atoms with Gasteiger partial charge in [0.1, 0.15) is 5.84 Å². The smallest absolute Gasteiger partial charge is 0.163 e. The lowest BCUT2D eigenvalue weighted by Gasteiger charge is -2.04. The van der Waals surface area contributed by atoms with Crippen molar-refractivity contribution in [2.24, 2.45) is 10.7 Å². The van der Waals surface area contributed by atoms with Gasteiger partial charge in [0, 0.05) is 41.5 Å². The van der Waals surface area contributed by atoms with E-state index >= 15 is 0 Å². The number of nitrogens with zero attached hydrogens (tertiary/aromatic N) is 5. The molecular formula is C19H16N6. The van der Waals surface area contributed by atoms with Crippen molar-refractivity contribution in [2.75, 3.05) is 0 Å². The Hall–Kier alpha value is -3.41. The van der Waals surface area contributed by atoms with Crippen LogP contribution in [0, 0.1) is 0 Å². The van der Waals surface area contributed by atoms with Gasteiger partial charge in [-0.1, -0.05) is 0 Å². The van der Waals surface area contributed by atoms with E-state index in [0.717, 1.165) is 27.6 Å². The van der Waals surface area contributed by atoms with E-state index in [0.29, 0.717) is 24.5 Å². The van der Waals surface area contributed by atoms with Crippen LogP contribution in [0.4, 0.5) is 5.82 Å². The van der Waals surface area contributed by atoms with Gasteiger partial charge in [-0.2, -0.15) is 0 Å². The molecule has 0 spiro atoms. The summed E-state index contributed by atoms with van der Waals surface area (Å²) in [5, 5.41) is 1.92. The SMILES string of the molecule is NC(CCc1ccc2cccnc2n1)=Nc1nccc2ncccc12. The van der Waals surface area contributed by atoms with Gasteiger partial charge in [0.2, 0.25) is 0 Å². The summed E-state index contributed by atoms with van der Waals surface area (Å²) in [6.45, 7) is 0. The van der Waals surface area contributed by atoms with E-state index in [4.69, 9.17) is 5.73 Å². The topological polar surface area (TPSA) is 89.9 Å². The minimum atomic E-state index is 0.520. The summed E-state index contributed by atoms with van der Waals surface area (Å²) < 4.78 is 0. The van der Waals surface area contributed by atoms with Gasteiger partial charge < -0.3 is 5.73 Å². The molecule has 25 heavy (non-hydrogen) atoms. The van der Waals surface area contributed by atoms with Crippen LogP contribution in [0.5, 0.6) is 0 Å². The van der Waals surface area contributed by atoms with Crippen molar-refractivity contribution in [3.63, 3.8) is 0 Å². The Morgan fingerprint density at radius 1 is 0.920 bits per heavy atom. The average molecular weight is 328 g/mol. The van der Waals surface area contributed by atoms with Crippen molar-refractivity contribution in [3.8, 4) is 0 Å². The Morgan fingerprint density at radius 3 is 2.76 bits per heavy atom. The Morgan fingerprint density at radius 2 is 1.80 bits per heavy atom. The van der Waals surface area contributed by atoms with Gasteiger partial charge in [0.25, 0.3) is 0 Å². The number of hydrogen-bond donors (Lipinski definition) is 1. The molecule has 122 valence electrons. The largest absolute Gasteiger partial charge is 0.387 e. The highest BCUT2D eigenvalue weighted by molar-refractivity contribution is 5.92. The number of aromatic nitrogens is 4. The zero-order chi connectivity index (χ0) is 17.1. The van der Waals surface area contributed by atoms with Crippen molar-refractivity contribution in [2.45, 2.75) is 12.8 Å². The third kappa shape index (κ3) is 3.28. The molecule has 4 aromatic rings. The highest BCUT2D eigenvalue weighted by Gasteiger charge is 2.04. The summed E-state index contributed by atoms with van der Waals surface area (Å²) in [5.74, 6) is 1.11. The molecule has 0 saturated carbocycles. The molecule has 0 aromatic carbocycles. The molecular weight excluding hydrogens is 312 g/mol. The van der Waals surface area contributed by atoms with Crippen LogP contribution < -0.4 is 5.73 Å². The van der Waals surface area contributed by atoms with Crippen LogP contribution in [0.3, 0.4) is 0 Å². The van der Waals surface area contributed by atoms with Crippen LogP contribution in [0.2, 0.25) is 0 Å². The second-order valence-corrected chi connectivity index (χ2v) is 5.66. The first kappa shape index (κ1) is 15.1. The summed E-state index contributed by atoms with van der Waals surface area (Å²) in [4.78, 5) is 21.9. The van der Waals surface area contributed by atoms with Crippen LogP contribution in [0.15, 0.2) is 66.0 Å².